The fourth-order valence-electron chi connectivity index (χ4n) is 3.77. The van der Waals surface area contributed by atoms with E-state index in [2.05, 4.69) is 9.98 Å². The first-order chi connectivity index (χ1) is 13.3. The van der Waals surface area contributed by atoms with Crippen LogP contribution < -0.4 is 4.90 Å². The van der Waals surface area contributed by atoms with E-state index < -0.39 is 11.7 Å². The van der Waals surface area contributed by atoms with Crippen LogP contribution >= 0.6 is 0 Å². The van der Waals surface area contributed by atoms with Crippen LogP contribution in [0.15, 0.2) is 41.4 Å². The van der Waals surface area contributed by atoms with Crippen molar-refractivity contribution in [3.8, 4) is 5.88 Å². The molecular formula is C21H20F3N3O. The molecule has 0 saturated carbocycles. The Morgan fingerprint density at radius 1 is 1.14 bits per heavy atom. The number of nitrogens with zero attached hydrogens (tertiary/aromatic N) is 2. The molecule has 1 aromatic heterocycles. The van der Waals surface area contributed by atoms with E-state index in [4.69, 9.17) is 0 Å². The summed E-state index contributed by atoms with van der Waals surface area (Å²) >= 11 is 0. The summed E-state index contributed by atoms with van der Waals surface area (Å²) in [6.45, 7) is 3.17. The Kier molecular flexibility index (Phi) is 4.53. The molecule has 0 aliphatic carbocycles. The van der Waals surface area contributed by atoms with Gasteiger partial charge in [-0.3, -0.25) is 4.99 Å². The predicted molar refractivity (Wildman–Crippen MR) is 105 cm³/mol. The summed E-state index contributed by atoms with van der Waals surface area (Å²) in [5.41, 5.74) is 1.87. The van der Waals surface area contributed by atoms with Gasteiger partial charge in [0.2, 0.25) is 0 Å². The molecule has 0 bridgehead atoms. The Labute approximate surface area is 160 Å². The number of nitrogens with one attached hydrogen (secondary N) is 1. The van der Waals surface area contributed by atoms with Gasteiger partial charge in [0.25, 0.3) is 0 Å². The largest absolute Gasteiger partial charge is 0.494 e. The number of benzene rings is 2. The third-order valence-corrected chi connectivity index (χ3v) is 5.13. The average Bonchev–Trinajstić information content (AvgIpc) is 3.27. The molecule has 1 aliphatic rings. The first-order valence-corrected chi connectivity index (χ1v) is 9.15. The van der Waals surface area contributed by atoms with Crippen LogP contribution in [0.5, 0.6) is 5.88 Å². The third-order valence-electron chi connectivity index (χ3n) is 5.13. The highest BCUT2D eigenvalue weighted by molar-refractivity contribution is 6.04. The number of hydrogen-bond acceptors (Lipinski definition) is 3. The van der Waals surface area contributed by atoms with Crippen LogP contribution in [-0.2, 0) is 6.18 Å². The fourth-order valence-corrected chi connectivity index (χ4v) is 3.77. The third kappa shape index (κ3) is 3.32. The second-order valence-electron chi connectivity index (χ2n) is 7.04. The number of aryl methyl sites for hydroxylation is 1. The number of rotatable bonds is 3. The van der Waals surface area contributed by atoms with Gasteiger partial charge in [0.1, 0.15) is 0 Å². The zero-order valence-electron chi connectivity index (χ0n) is 15.3. The lowest BCUT2D eigenvalue weighted by molar-refractivity contribution is -0.137. The van der Waals surface area contributed by atoms with Gasteiger partial charge in [-0.15, -0.1) is 0 Å². The van der Waals surface area contributed by atoms with E-state index in [1.54, 1.807) is 11.0 Å². The molecule has 0 radical (unpaired) electrons. The van der Waals surface area contributed by atoms with Gasteiger partial charge >= 0.3 is 6.18 Å². The summed E-state index contributed by atoms with van der Waals surface area (Å²) in [5, 5.41) is 11.0. The van der Waals surface area contributed by atoms with Gasteiger partial charge in [-0.2, -0.15) is 13.2 Å². The molecule has 0 atom stereocenters. The van der Waals surface area contributed by atoms with E-state index in [1.165, 1.54) is 12.3 Å². The van der Waals surface area contributed by atoms with Crippen molar-refractivity contribution in [1.29, 1.82) is 0 Å². The monoisotopic (exact) mass is 387 g/mol. The molecule has 0 amide bonds. The molecule has 1 aliphatic heterocycles. The summed E-state index contributed by atoms with van der Waals surface area (Å²) in [6.07, 6.45) is -1.25. The fraction of sp³-hybridized carbons (Fsp3) is 0.286. The Bertz CT molecular complexity index is 1050. The maximum Gasteiger partial charge on any atom is 0.418 e. The molecule has 0 unspecified atom stereocenters. The molecule has 4 nitrogen and oxygen atoms in total. The highest BCUT2D eigenvalue weighted by Gasteiger charge is 2.35. The number of H-pyrrole nitrogens is 1. The van der Waals surface area contributed by atoms with Gasteiger partial charge in [0, 0.05) is 35.9 Å². The van der Waals surface area contributed by atoms with Crippen LogP contribution in [0, 0.1) is 6.92 Å². The van der Waals surface area contributed by atoms with Crippen LogP contribution in [-0.4, -0.2) is 29.4 Å². The lowest BCUT2D eigenvalue weighted by Gasteiger charge is -2.22. The van der Waals surface area contributed by atoms with Crippen LogP contribution in [0.25, 0.3) is 10.9 Å². The summed E-state index contributed by atoms with van der Waals surface area (Å²) in [4.78, 5) is 8.85. The van der Waals surface area contributed by atoms with Crippen LogP contribution in [0.4, 0.5) is 24.5 Å². The minimum absolute atomic E-state index is 0.0576. The molecule has 7 heteroatoms. The van der Waals surface area contributed by atoms with Crippen molar-refractivity contribution >= 4 is 28.5 Å². The number of aromatic hydroxyl groups is 1. The molecule has 146 valence electrons. The zero-order chi connectivity index (χ0) is 19.9. The lowest BCUT2D eigenvalue weighted by Crippen LogP contribution is -2.21. The van der Waals surface area contributed by atoms with Crippen molar-refractivity contribution in [2.45, 2.75) is 25.9 Å². The minimum Gasteiger partial charge on any atom is -0.494 e. The molecular weight excluding hydrogens is 367 g/mol. The van der Waals surface area contributed by atoms with E-state index in [0.717, 1.165) is 35.4 Å². The van der Waals surface area contributed by atoms with Crippen LogP contribution in [0.1, 0.15) is 29.5 Å². The Hall–Kier alpha value is -2.96. The van der Waals surface area contributed by atoms with Crippen molar-refractivity contribution in [3.63, 3.8) is 0 Å². The quantitative estimate of drug-likeness (QED) is 0.579. The molecule has 2 aromatic carbocycles. The Morgan fingerprint density at radius 3 is 2.61 bits per heavy atom. The second-order valence-corrected chi connectivity index (χ2v) is 7.04. The summed E-state index contributed by atoms with van der Waals surface area (Å²) in [5.74, 6) is -0.0576. The van der Waals surface area contributed by atoms with E-state index in [1.807, 2.05) is 25.1 Å². The van der Waals surface area contributed by atoms with Crippen LogP contribution in [0.2, 0.25) is 0 Å². The molecule has 4 rings (SSSR count). The van der Waals surface area contributed by atoms with Gasteiger partial charge in [-0.05, 0) is 49.6 Å². The number of aliphatic imine (C=N–C) groups is 1. The number of halogens is 3. The van der Waals surface area contributed by atoms with Crippen molar-refractivity contribution in [2.75, 3.05) is 18.0 Å². The predicted octanol–water partition coefficient (Wildman–Crippen LogP) is 5.55. The standard InChI is InChI=1S/C21H20F3N3O/c1-13-5-4-6-17-19(13)15(20(28)26-17)12-25-14-7-8-18(27-9-2-3-10-27)16(11-14)21(22,23)24/h4-8,11-12,26,28H,2-3,9-10H2,1H3. The van der Waals surface area contributed by atoms with Crippen molar-refractivity contribution in [1.82, 2.24) is 4.98 Å². The zero-order valence-corrected chi connectivity index (χ0v) is 15.3. The Morgan fingerprint density at radius 2 is 1.89 bits per heavy atom. The second kappa shape index (κ2) is 6.89. The van der Waals surface area contributed by atoms with Gasteiger partial charge < -0.3 is 15.0 Å². The van der Waals surface area contributed by atoms with Crippen LogP contribution in [0.3, 0.4) is 0 Å². The van der Waals surface area contributed by atoms with Crippen molar-refractivity contribution in [2.24, 2.45) is 4.99 Å². The molecule has 0 spiro atoms. The highest BCUT2D eigenvalue weighted by atomic mass is 19.4. The molecule has 28 heavy (non-hydrogen) atoms. The smallest absolute Gasteiger partial charge is 0.418 e. The number of anilines is 1. The average molecular weight is 387 g/mol. The maximum absolute atomic E-state index is 13.6. The number of aromatic amines is 1. The van der Waals surface area contributed by atoms with Gasteiger partial charge in [-0.1, -0.05) is 12.1 Å². The van der Waals surface area contributed by atoms with E-state index in [-0.39, 0.29) is 17.3 Å². The van der Waals surface area contributed by atoms with E-state index in [9.17, 15) is 18.3 Å². The summed E-state index contributed by atoms with van der Waals surface area (Å²) in [7, 11) is 0. The molecule has 3 aromatic rings. The van der Waals surface area contributed by atoms with Gasteiger partial charge in [0.15, 0.2) is 5.88 Å². The topological polar surface area (TPSA) is 51.6 Å². The summed E-state index contributed by atoms with van der Waals surface area (Å²) < 4.78 is 40.8. The minimum atomic E-state index is -4.46. The molecule has 1 fully saturated rings. The normalized spacial score (nSPS) is 15.2. The van der Waals surface area contributed by atoms with E-state index >= 15 is 0 Å². The SMILES string of the molecule is Cc1cccc2[nH]c(O)c(C=Nc3ccc(N4CCCC4)c(C(F)(F)F)c3)c12. The maximum atomic E-state index is 13.6. The lowest BCUT2D eigenvalue weighted by atomic mass is 10.1. The number of aromatic nitrogens is 1. The Balaban J connectivity index is 1.74. The first kappa shape index (κ1) is 18.4. The van der Waals surface area contributed by atoms with Crippen molar-refractivity contribution in [3.05, 3.63) is 53.1 Å². The van der Waals surface area contributed by atoms with Crippen molar-refractivity contribution < 1.29 is 18.3 Å². The van der Waals surface area contributed by atoms with Gasteiger partial charge in [0.05, 0.1) is 16.8 Å². The summed E-state index contributed by atoms with van der Waals surface area (Å²) in [6, 6.07) is 9.73. The first-order valence-electron chi connectivity index (χ1n) is 9.15. The number of hydrogen-bond donors (Lipinski definition) is 2. The highest BCUT2D eigenvalue weighted by Crippen LogP contribution is 2.40. The molecule has 2 N–H and O–H groups in total. The number of fused-ring (bicyclic) bond motifs is 1. The van der Waals surface area contributed by atoms with Gasteiger partial charge in [-0.25, -0.2) is 0 Å². The molecule has 1 saturated heterocycles. The number of alkyl halides is 3. The van der Waals surface area contributed by atoms with E-state index in [0.29, 0.717) is 18.7 Å². The molecule has 2 heterocycles.